The molecule has 7 aromatic rings. The molecule has 0 amide bonds. The van der Waals surface area contributed by atoms with E-state index in [0.29, 0.717) is 5.56 Å². The van der Waals surface area contributed by atoms with Gasteiger partial charge in [0.2, 0.25) is 0 Å². The summed E-state index contributed by atoms with van der Waals surface area (Å²) >= 11 is 0. The van der Waals surface area contributed by atoms with Crippen LogP contribution in [0.5, 0.6) is 0 Å². The minimum atomic E-state index is -0.389. The Morgan fingerprint density at radius 2 is 1.05 bits per heavy atom. The predicted octanol–water partition coefficient (Wildman–Crippen LogP) is 11.3. The number of hydrogen-bond donors (Lipinski definition) is 0. The van der Waals surface area contributed by atoms with Crippen LogP contribution in [0.4, 0.5) is 0 Å². The lowest BCUT2D eigenvalue weighted by Gasteiger charge is -2.23. The van der Waals surface area contributed by atoms with Crippen LogP contribution in [0.15, 0.2) is 145 Å². The molecule has 0 saturated carbocycles. The molecule has 0 N–H and O–H groups in total. The van der Waals surface area contributed by atoms with Gasteiger partial charge in [-0.2, -0.15) is 0 Å². The maximum absolute atomic E-state index is 8.70. The standard InChI is InChI=1S/C41H30/c1-41(2)37-20-12-11-17-31(37)32-23-22-30(26-38(32)41)40-34-19-10-9-18-33(34)39(28-15-7-4-8-16-28)36-25-29(21-24-35(36)40)27-13-5-3-6-14-27/h3-26H,1-2H3/i3D,5D,6D,13D,14D. The second-order valence-electron chi connectivity index (χ2n) is 11.4. The van der Waals surface area contributed by atoms with Gasteiger partial charge >= 0.3 is 0 Å². The topological polar surface area (TPSA) is 0 Å². The first-order valence-electron chi connectivity index (χ1n) is 16.5. The van der Waals surface area contributed by atoms with Crippen molar-refractivity contribution in [1.29, 1.82) is 0 Å². The van der Waals surface area contributed by atoms with Gasteiger partial charge in [0.1, 0.15) is 0 Å². The molecule has 8 rings (SSSR count). The molecule has 7 aromatic carbocycles. The van der Waals surface area contributed by atoms with Crippen molar-refractivity contribution in [2.45, 2.75) is 19.3 Å². The zero-order chi connectivity index (χ0) is 31.9. The van der Waals surface area contributed by atoms with E-state index in [0.717, 1.165) is 43.8 Å². The molecule has 0 saturated heterocycles. The molecule has 0 unspecified atom stereocenters. The molecular formula is C41H30. The van der Waals surface area contributed by atoms with Gasteiger partial charge in [-0.15, -0.1) is 0 Å². The van der Waals surface area contributed by atoms with E-state index in [1.807, 2.05) is 30.3 Å². The number of hydrogen-bond acceptors (Lipinski definition) is 0. The van der Waals surface area contributed by atoms with Crippen LogP contribution >= 0.6 is 0 Å². The maximum atomic E-state index is 8.70. The van der Waals surface area contributed by atoms with E-state index in [2.05, 4.69) is 98.8 Å². The second kappa shape index (κ2) is 9.04. The molecule has 1 aliphatic carbocycles. The van der Waals surface area contributed by atoms with Crippen LogP contribution < -0.4 is 0 Å². The molecule has 0 aliphatic heterocycles. The highest BCUT2D eigenvalue weighted by molar-refractivity contribution is 6.22. The molecule has 0 heteroatoms. The van der Waals surface area contributed by atoms with Crippen LogP contribution in [-0.4, -0.2) is 0 Å². The van der Waals surface area contributed by atoms with Crippen LogP contribution in [0.25, 0.3) is 66.1 Å². The Morgan fingerprint density at radius 1 is 0.439 bits per heavy atom. The summed E-state index contributed by atoms with van der Waals surface area (Å²) in [5, 5.41) is 4.24. The first-order valence-corrected chi connectivity index (χ1v) is 14.0. The number of fused-ring (bicyclic) bond motifs is 5. The molecule has 1 aliphatic rings. The molecule has 0 spiro atoms. The zero-order valence-electron chi connectivity index (χ0n) is 28.0. The fraction of sp³-hybridized carbons (Fsp3) is 0.0732. The third-order valence-corrected chi connectivity index (χ3v) is 8.75. The van der Waals surface area contributed by atoms with Crippen molar-refractivity contribution in [3.63, 3.8) is 0 Å². The summed E-state index contributed by atoms with van der Waals surface area (Å²) in [6, 6.07) is 38.8. The highest BCUT2D eigenvalue weighted by Gasteiger charge is 2.35. The van der Waals surface area contributed by atoms with Gasteiger partial charge in [0.25, 0.3) is 0 Å². The van der Waals surface area contributed by atoms with Crippen molar-refractivity contribution in [2.75, 3.05) is 0 Å². The second-order valence-corrected chi connectivity index (χ2v) is 11.4. The van der Waals surface area contributed by atoms with Gasteiger partial charge in [0.05, 0.1) is 6.85 Å². The van der Waals surface area contributed by atoms with Crippen LogP contribution in [0.3, 0.4) is 0 Å². The van der Waals surface area contributed by atoms with Crippen LogP contribution in [0, 0.1) is 0 Å². The van der Waals surface area contributed by atoms with Crippen molar-refractivity contribution < 1.29 is 6.85 Å². The zero-order valence-corrected chi connectivity index (χ0v) is 23.0. The lowest BCUT2D eigenvalue weighted by molar-refractivity contribution is 0.660. The number of benzene rings is 7. The summed E-state index contributed by atoms with van der Waals surface area (Å²) in [7, 11) is 0. The van der Waals surface area contributed by atoms with E-state index in [9.17, 15) is 0 Å². The first kappa shape index (κ1) is 19.2. The highest BCUT2D eigenvalue weighted by atomic mass is 14.4. The van der Waals surface area contributed by atoms with E-state index < -0.39 is 0 Å². The van der Waals surface area contributed by atoms with E-state index in [4.69, 9.17) is 6.85 Å². The molecule has 0 nitrogen and oxygen atoms in total. The molecule has 194 valence electrons. The van der Waals surface area contributed by atoms with Crippen molar-refractivity contribution >= 4 is 21.5 Å². The number of rotatable bonds is 3. The Morgan fingerprint density at radius 3 is 1.83 bits per heavy atom. The Balaban J connectivity index is 1.48. The normalized spacial score (nSPS) is 15.0. The fourth-order valence-corrected chi connectivity index (χ4v) is 6.81. The third-order valence-electron chi connectivity index (χ3n) is 8.75. The monoisotopic (exact) mass is 527 g/mol. The van der Waals surface area contributed by atoms with Gasteiger partial charge in [0, 0.05) is 5.41 Å². The summed E-state index contributed by atoms with van der Waals surface area (Å²) in [4.78, 5) is 0. The van der Waals surface area contributed by atoms with E-state index >= 15 is 0 Å². The molecule has 0 atom stereocenters. The van der Waals surface area contributed by atoms with E-state index in [-0.39, 0.29) is 41.2 Å². The average molecular weight is 528 g/mol. The third kappa shape index (κ3) is 3.61. The summed E-state index contributed by atoms with van der Waals surface area (Å²) < 4.78 is 42.1. The lowest BCUT2D eigenvalue weighted by atomic mass is 9.80. The maximum Gasteiger partial charge on any atom is 0.0629 e. The molecule has 0 radical (unpaired) electrons. The van der Waals surface area contributed by atoms with Crippen molar-refractivity contribution in [3.05, 3.63) is 157 Å². The van der Waals surface area contributed by atoms with Gasteiger partial charge in [-0.05, 0) is 89.3 Å². The molecule has 0 heterocycles. The molecule has 0 bridgehead atoms. The Kier molecular flexibility index (Phi) is 4.23. The largest absolute Gasteiger partial charge is 0.0629 e. The minimum Gasteiger partial charge on any atom is -0.0622 e. The first-order chi connectivity index (χ1) is 22.2. The van der Waals surface area contributed by atoms with Crippen molar-refractivity contribution in [3.8, 4) is 44.5 Å². The lowest BCUT2D eigenvalue weighted by Crippen LogP contribution is -2.14. The van der Waals surface area contributed by atoms with Gasteiger partial charge in [-0.25, -0.2) is 0 Å². The van der Waals surface area contributed by atoms with Crippen molar-refractivity contribution in [2.24, 2.45) is 0 Å². The molecule has 41 heavy (non-hydrogen) atoms. The molecular weight excluding hydrogens is 492 g/mol. The van der Waals surface area contributed by atoms with Gasteiger partial charge < -0.3 is 0 Å². The van der Waals surface area contributed by atoms with Gasteiger partial charge in [-0.1, -0.05) is 147 Å². The Labute approximate surface area is 248 Å². The predicted molar refractivity (Wildman–Crippen MR) is 175 cm³/mol. The van der Waals surface area contributed by atoms with Gasteiger partial charge in [-0.3, -0.25) is 0 Å². The summed E-state index contributed by atoms with van der Waals surface area (Å²) in [6.07, 6.45) is 0. The van der Waals surface area contributed by atoms with Crippen LogP contribution in [0.1, 0.15) is 31.8 Å². The van der Waals surface area contributed by atoms with Crippen molar-refractivity contribution in [1.82, 2.24) is 0 Å². The molecule has 0 fully saturated rings. The minimum absolute atomic E-state index is 0.147. The fourth-order valence-electron chi connectivity index (χ4n) is 6.81. The Hall–Kier alpha value is -4.94. The van der Waals surface area contributed by atoms with E-state index in [1.54, 1.807) is 0 Å². The quantitative estimate of drug-likeness (QED) is 0.200. The Bertz CT molecular complexity index is 2360. The summed E-state index contributed by atoms with van der Waals surface area (Å²) in [5.41, 5.74) is 10.2. The molecule has 0 aromatic heterocycles. The van der Waals surface area contributed by atoms with Crippen LogP contribution in [0.2, 0.25) is 0 Å². The highest BCUT2D eigenvalue weighted by Crippen LogP contribution is 2.51. The average Bonchev–Trinajstić information content (AvgIpc) is 3.31. The SMILES string of the molecule is [2H]c1c([2H])c([2H])c(-c2ccc3c(-c4ccc5c(c4)C(C)(C)c4ccccc4-5)c4ccccc4c(-c4ccccc4)c3c2)c([2H])c1[2H]. The summed E-state index contributed by atoms with van der Waals surface area (Å²) in [6.45, 7) is 4.59. The van der Waals surface area contributed by atoms with E-state index in [1.165, 1.54) is 22.3 Å². The van der Waals surface area contributed by atoms with Crippen LogP contribution in [-0.2, 0) is 5.41 Å². The smallest absolute Gasteiger partial charge is 0.0622 e. The summed E-state index contributed by atoms with van der Waals surface area (Å²) in [5.74, 6) is 0. The van der Waals surface area contributed by atoms with Gasteiger partial charge in [0.15, 0.2) is 0 Å².